The molecule has 0 amide bonds. The summed E-state index contributed by atoms with van der Waals surface area (Å²) in [6.45, 7) is 5.48. The number of aromatic nitrogens is 2. The van der Waals surface area contributed by atoms with E-state index in [0.717, 1.165) is 30.2 Å². The van der Waals surface area contributed by atoms with Crippen molar-refractivity contribution >= 4 is 10.9 Å². The quantitative estimate of drug-likeness (QED) is 0.708. The van der Waals surface area contributed by atoms with Gasteiger partial charge in [0, 0.05) is 23.2 Å². The molecule has 2 heterocycles. The first-order valence-corrected chi connectivity index (χ1v) is 6.90. The van der Waals surface area contributed by atoms with Crippen LogP contribution in [0, 0.1) is 6.92 Å². The van der Waals surface area contributed by atoms with E-state index >= 15 is 0 Å². The van der Waals surface area contributed by atoms with E-state index in [2.05, 4.69) is 41.0 Å². The van der Waals surface area contributed by atoms with Gasteiger partial charge >= 0.3 is 0 Å². The molecule has 0 aliphatic rings. The first-order valence-electron chi connectivity index (χ1n) is 6.90. The maximum Gasteiger partial charge on any atom is 0.156 e. The Hall–Kier alpha value is -2.23. The Bertz CT molecular complexity index is 712. The zero-order chi connectivity index (χ0) is 13.9. The highest BCUT2D eigenvalue weighted by atomic mass is 16.5. The van der Waals surface area contributed by atoms with Crippen molar-refractivity contribution in [1.29, 1.82) is 0 Å². The van der Waals surface area contributed by atoms with Crippen LogP contribution in [-0.2, 0) is 6.54 Å². The van der Waals surface area contributed by atoms with Crippen LogP contribution >= 0.6 is 0 Å². The van der Waals surface area contributed by atoms with Gasteiger partial charge in [-0.15, -0.1) is 0 Å². The molecule has 104 valence electrons. The molecule has 0 atom stereocenters. The van der Waals surface area contributed by atoms with Gasteiger partial charge in [0.2, 0.25) is 0 Å². The number of hydrogen-bond acceptors (Lipinski definition) is 3. The second-order valence-electron chi connectivity index (χ2n) is 4.95. The van der Waals surface area contributed by atoms with Crippen LogP contribution in [0.4, 0.5) is 0 Å². The first kappa shape index (κ1) is 12.8. The number of aryl methyl sites for hydroxylation is 1. The van der Waals surface area contributed by atoms with Crippen LogP contribution in [0.5, 0.6) is 5.75 Å². The summed E-state index contributed by atoms with van der Waals surface area (Å²) >= 11 is 0. The minimum Gasteiger partial charge on any atom is -0.494 e. The summed E-state index contributed by atoms with van der Waals surface area (Å²) in [4.78, 5) is 0. The summed E-state index contributed by atoms with van der Waals surface area (Å²) < 4.78 is 13.1. The van der Waals surface area contributed by atoms with E-state index in [4.69, 9.17) is 9.26 Å². The fourth-order valence-corrected chi connectivity index (χ4v) is 2.28. The minimum absolute atomic E-state index is 0.694. The predicted octanol–water partition coefficient (Wildman–Crippen LogP) is 3.77. The van der Waals surface area contributed by atoms with Gasteiger partial charge in [0.25, 0.3) is 0 Å². The van der Waals surface area contributed by atoms with E-state index in [0.29, 0.717) is 6.54 Å². The SMILES string of the molecule is CCCOc1ccc2c(ccn2Cc2cc(C)no2)c1. The zero-order valence-corrected chi connectivity index (χ0v) is 11.8. The van der Waals surface area contributed by atoms with Crippen molar-refractivity contribution in [2.45, 2.75) is 26.8 Å². The summed E-state index contributed by atoms with van der Waals surface area (Å²) in [6.07, 6.45) is 3.08. The molecule has 0 aliphatic heterocycles. The van der Waals surface area contributed by atoms with Crippen molar-refractivity contribution in [2.24, 2.45) is 0 Å². The molecular formula is C16H18N2O2. The molecule has 4 nitrogen and oxygen atoms in total. The Kier molecular flexibility index (Phi) is 3.46. The highest BCUT2D eigenvalue weighted by Gasteiger charge is 2.06. The number of hydrogen-bond donors (Lipinski definition) is 0. The monoisotopic (exact) mass is 270 g/mol. The van der Waals surface area contributed by atoms with Crippen LogP contribution in [0.1, 0.15) is 24.8 Å². The van der Waals surface area contributed by atoms with Crippen molar-refractivity contribution in [3.05, 3.63) is 48.0 Å². The molecule has 0 N–H and O–H groups in total. The fraction of sp³-hybridized carbons (Fsp3) is 0.312. The molecule has 20 heavy (non-hydrogen) atoms. The van der Waals surface area contributed by atoms with Gasteiger partial charge in [-0.1, -0.05) is 12.1 Å². The molecule has 0 saturated heterocycles. The third kappa shape index (κ3) is 2.54. The molecule has 0 saturated carbocycles. The highest BCUT2D eigenvalue weighted by Crippen LogP contribution is 2.23. The topological polar surface area (TPSA) is 40.2 Å². The lowest BCUT2D eigenvalue weighted by atomic mass is 10.2. The molecule has 0 spiro atoms. The summed E-state index contributed by atoms with van der Waals surface area (Å²) in [5, 5.41) is 5.09. The summed E-state index contributed by atoms with van der Waals surface area (Å²) in [5.41, 5.74) is 2.08. The van der Waals surface area contributed by atoms with Crippen molar-refractivity contribution in [1.82, 2.24) is 9.72 Å². The summed E-state index contributed by atoms with van der Waals surface area (Å²) in [6, 6.07) is 10.2. The molecular weight excluding hydrogens is 252 g/mol. The molecule has 4 heteroatoms. The molecule has 3 rings (SSSR count). The van der Waals surface area contributed by atoms with E-state index in [1.165, 1.54) is 10.9 Å². The molecule has 1 aromatic carbocycles. The zero-order valence-electron chi connectivity index (χ0n) is 11.8. The lowest BCUT2D eigenvalue weighted by molar-refractivity contribution is 0.318. The normalized spacial score (nSPS) is 11.1. The van der Waals surface area contributed by atoms with Crippen molar-refractivity contribution in [2.75, 3.05) is 6.61 Å². The van der Waals surface area contributed by atoms with Gasteiger partial charge in [-0.25, -0.2) is 0 Å². The third-order valence-electron chi connectivity index (χ3n) is 3.22. The molecule has 3 aromatic rings. The Labute approximate surface area is 117 Å². The number of nitrogens with zero attached hydrogens (tertiary/aromatic N) is 2. The highest BCUT2D eigenvalue weighted by molar-refractivity contribution is 5.81. The van der Waals surface area contributed by atoms with Gasteiger partial charge in [0.1, 0.15) is 5.75 Å². The van der Waals surface area contributed by atoms with Gasteiger partial charge in [-0.2, -0.15) is 0 Å². The van der Waals surface area contributed by atoms with Gasteiger partial charge in [-0.05, 0) is 37.6 Å². The van der Waals surface area contributed by atoms with Crippen LogP contribution in [0.25, 0.3) is 10.9 Å². The number of ether oxygens (including phenoxy) is 1. The smallest absolute Gasteiger partial charge is 0.156 e. The Morgan fingerprint density at radius 1 is 1.25 bits per heavy atom. The number of fused-ring (bicyclic) bond motifs is 1. The molecule has 0 aliphatic carbocycles. The maximum absolute atomic E-state index is 5.66. The Morgan fingerprint density at radius 3 is 2.90 bits per heavy atom. The molecule has 2 aromatic heterocycles. The fourth-order valence-electron chi connectivity index (χ4n) is 2.28. The average molecular weight is 270 g/mol. The van der Waals surface area contributed by atoms with E-state index < -0.39 is 0 Å². The second-order valence-corrected chi connectivity index (χ2v) is 4.95. The summed E-state index contributed by atoms with van der Waals surface area (Å²) in [5.74, 6) is 1.79. The van der Waals surface area contributed by atoms with Gasteiger partial charge in [0.15, 0.2) is 5.76 Å². The molecule has 0 unspecified atom stereocenters. The first-order chi connectivity index (χ1) is 9.76. The van der Waals surface area contributed by atoms with E-state index in [1.807, 2.05) is 19.1 Å². The van der Waals surface area contributed by atoms with Gasteiger partial charge in [-0.3, -0.25) is 0 Å². The largest absolute Gasteiger partial charge is 0.494 e. The van der Waals surface area contributed by atoms with Crippen molar-refractivity contribution in [3.63, 3.8) is 0 Å². The van der Waals surface area contributed by atoms with Gasteiger partial charge in [0.05, 0.1) is 18.8 Å². The van der Waals surface area contributed by atoms with Gasteiger partial charge < -0.3 is 13.8 Å². The van der Waals surface area contributed by atoms with E-state index in [1.54, 1.807) is 0 Å². The van der Waals surface area contributed by atoms with Crippen LogP contribution in [0.2, 0.25) is 0 Å². The summed E-state index contributed by atoms with van der Waals surface area (Å²) in [7, 11) is 0. The number of benzene rings is 1. The van der Waals surface area contributed by atoms with Crippen molar-refractivity contribution < 1.29 is 9.26 Å². The van der Waals surface area contributed by atoms with E-state index in [9.17, 15) is 0 Å². The standard InChI is InChI=1S/C16H18N2O2/c1-3-8-19-14-4-5-16-13(10-14)6-7-18(16)11-15-9-12(2)17-20-15/h4-7,9-10H,3,8,11H2,1-2H3. The lowest BCUT2D eigenvalue weighted by Crippen LogP contribution is -1.97. The lowest BCUT2D eigenvalue weighted by Gasteiger charge is -2.06. The molecule has 0 radical (unpaired) electrons. The molecule has 0 fully saturated rings. The minimum atomic E-state index is 0.694. The van der Waals surface area contributed by atoms with Crippen molar-refractivity contribution in [3.8, 4) is 5.75 Å². The third-order valence-corrected chi connectivity index (χ3v) is 3.22. The predicted molar refractivity (Wildman–Crippen MR) is 78.1 cm³/mol. The number of rotatable bonds is 5. The van der Waals surface area contributed by atoms with Crippen LogP contribution in [0.3, 0.4) is 0 Å². The Balaban J connectivity index is 1.85. The van der Waals surface area contributed by atoms with Crippen LogP contribution in [-0.4, -0.2) is 16.3 Å². The maximum atomic E-state index is 5.66. The average Bonchev–Trinajstić information content (AvgIpc) is 3.04. The second kappa shape index (κ2) is 5.41. The molecule has 0 bridgehead atoms. The van der Waals surface area contributed by atoms with Crippen LogP contribution in [0.15, 0.2) is 41.1 Å². The van der Waals surface area contributed by atoms with Crippen LogP contribution < -0.4 is 4.74 Å². The van der Waals surface area contributed by atoms with E-state index in [-0.39, 0.29) is 0 Å². The Morgan fingerprint density at radius 2 is 2.15 bits per heavy atom.